The molecule has 0 aromatic heterocycles. The Morgan fingerprint density at radius 3 is 2.64 bits per heavy atom. The zero-order valence-corrected chi connectivity index (χ0v) is 13.9. The predicted octanol–water partition coefficient (Wildman–Crippen LogP) is 2.65. The number of aryl methyl sites for hydroxylation is 1. The lowest BCUT2D eigenvalue weighted by Gasteiger charge is -2.23. The van der Waals surface area contributed by atoms with Gasteiger partial charge in [0.05, 0.1) is 13.2 Å². The van der Waals surface area contributed by atoms with Crippen LogP contribution in [0.15, 0.2) is 54.6 Å². The fraction of sp³-hybridized carbons (Fsp3) is 0.350. The number of alkyl halides is 1. The topological polar surface area (TPSA) is 60.8 Å². The molecule has 2 aromatic carbocycles. The molecule has 2 aromatic rings. The molecule has 1 fully saturated rings. The fourth-order valence-corrected chi connectivity index (χ4v) is 3.44. The van der Waals surface area contributed by atoms with E-state index < -0.39 is 18.2 Å². The smallest absolute Gasteiger partial charge is 0.223 e. The second kappa shape index (κ2) is 7.23. The Morgan fingerprint density at radius 2 is 1.96 bits per heavy atom. The second-order valence-corrected chi connectivity index (χ2v) is 6.60. The quantitative estimate of drug-likeness (QED) is 0.877. The molecule has 3 rings (SSSR count). The monoisotopic (exact) mass is 343 g/mol. The van der Waals surface area contributed by atoms with Gasteiger partial charge >= 0.3 is 0 Å². The molecule has 1 amide bonds. The van der Waals surface area contributed by atoms with E-state index in [1.165, 1.54) is 4.90 Å². The maximum Gasteiger partial charge on any atom is 0.223 e. The van der Waals surface area contributed by atoms with Crippen LogP contribution in [0.5, 0.6) is 5.75 Å². The van der Waals surface area contributed by atoms with Crippen LogP contribution in [0.1, 0.15) is 23.5 Å². The van der Waals surface area contributed by atoms with Gasteiger partial charge in [-0.15, -0.1) is 0 Å². The maximum absolute atomic E-state index is 15.1. The highest BCUT2D eigenvalue weighted by molar-refractivity contribution is 5.77. The summed E-state index contributed by atoms with van der Waals surface area (Å²) in [5, 5.41) is 19.0. The summed E-state index contributed by atoms with van der Waals surface area (Å²) in [5.41, 5.74) is -0.162. The average molecular weight is 343 g/mol. The van der Waals surface area contributed by atoms with Crippen molar-refractivity contribution in [2.75, 3.05) is 19.7 Å². The highest BCUT2D eigenvalue weighted by atomic mass is 19.1. The Bertz CT molecular complexity index is 737. The van der Waals surface area contributed by atoms with Crippen LogP contribution in [-0.4, -0.2) is 46.4 Å². The first-order valence-corrected chi connectivity index (χ1v) is 8.42. The number of hydrogen-bond donors (Lipinski definition) is 2. The molecule has 25 heavy (non-hydrogen) atoms. The van der Waals surface area contributed by atoms with Crippen molar-refractivity contribution in [1.29, 1.82) is 0 Å². The molecule has 2 unspecified atom stereocenters. The van der Waals surface area contributed by atoms with Gasteiger partial charge in [-0.1, -0.05) is 42.5 Å². The van der Waals surface area contributed by atoms with Gasteiger partial charge in [0, 0.05) is 18.9 Å². The standard InChI is InChI=1S/C20H22FNO3/c21-20(14-23)13-22(12-18(20)16-6-2-1-3-7-16)19(25)10-9-15-5-4-8-17(24)11-15/h1-8,11,18,23-24H,9-10,12-14H2. The molecule has 0 radical (unpaired) electrons. The molecule has 0 spiro atoms. The molecule has 4 nitrogen and oxygen atoms in total. The number of rotatable bonds is 5. The summed E-state index contributed by atoms with van der Waals surface area (Å²) in [5.74, 6) is -0.501. The van der Waals surface area contributed by atoms with Crippen LogP contribution in [0.2, 0.25) is 0 Å². The number of benzene rings is 2. The molecule has 1 saturated heterocycles. The van der Waals surface area contributed by atoms with E-state index in [0.717, 1.165) is 11.1 Å². The first-order chi connectivity index (χ1) is 12.0. The minimum Gasteiger partial charge on any atom is -0.508 e. The van der Waals surface area contributed by atoms with Gasteiger partial charge in [0.15, 0.2) is 5.67 Å². The third-order valence-electron chi connectivity index (χ3n) is 4.84. The van der Waals surface area contributed by atoms with Crippen molar-refractivity contribution in [2.45, 2.75) is 24.4 Å². The van der Waals surface area contributed by atoms with Crippen molar-refractivity contribution in [3.05, 3.63) is 65.7 Å². The summed E-state index contributed by atoms with van der Waals surface area (Å²) < 4.78 is 15.1. The summed E-state index contributed by atoms with van der Waals surface area (Å²) in [4.78, 5) is 14.0. The minimum atomic E-state index is -1.82. The van der Waals surface area contributed by atoms with Gasteiger partial charge in [0.1, 0.15) is 5.75 Å². The van der Waals surface area contributed by atoms with Crippen LogP contribution in [0.25, 0.3) is 0 Å². The van der Waals surface area contributed by atoms with E-state index >= 15 is 4.39 Å². The molecule has 2 N–H and O–H groups in total. The lowest BCUT2D eigenvalue weighted by molar-refractivity contribution is -0.130. The molecule has 0 saturated carbocycles. The molecule has 2 atom stereocenters. The van der Waals surface area contributed by atoms with Crippen molar-refractivity contribution in [1.82, 2.24) is 4.90 Å². The largest absolute Gasteiger partial charge is 0.508 e. The Kier molecular flexibility index (Phi) is 5.04. The molecular weight excluding hydrogens is 321 g/mol. The molecule has 1 aliphatic rings. The third kappa shape index (κ3) is 3.82. The van der Waals surface area contributed by atoms with Crippen molar-refractivity contribution < 1.29 is 19.4 Å². The number of hydrogen-bond acceptors (Lipinski definition) is 3. The zero-order chi connectivity index (χ0) is 17.9. The van der Waals surface area contributed by atoms with E-state index in [4.69, 9.17) is 0 Å². The molecule has 5 heteroatoms. The molecule has 132 valence electrons. The second-order valence-electron chi connectivity index (χ2n) is 6.60. The van der Waals surface area contributed by atoms with E-state index in [-0.39, 0.29) is 31.2 Å². The summed E-state index contributed by atoms with van der Waals surface area (Å²) in [6.45, 7) is -0.440. The van der Waals surface area contributed by atoms with Crippen molar-refractivity contribution in [3.63, 3.8) is 0 Å². The number of carbonyl (C=O) groups is 1. The number of phenolic OH excluding ortho intramolecular Hbond substituents is 1. The molecule has 1 heterocycles. The lowest BCUT2D eigenvalue weighted by atomic mass is 9.87. The van der Waals surface area contributed by atoms with E-state index in [2.05, 4.69) is 0 Å². The lowest BCUT2D eigenvalue weighted by Crippen LogP contribution is -2.37. The Morgan fingerprint density at radius 1 is 1.20 bits per heavy atom. The Labute approximate surface area is 146 Å². The van der Waals surface area contributed by atoms with Gasteiger partial charge in [0.25, 0.3) is 0 Å². The SMILES string of the molecule is O=C(CCc1cccc(O)c1)N1CC(c2ccccc2)C(F)(CO)C1. The van der Waals surface area contributed by atoms with E-state index in [1.54, 1.807) is 18.2 Å². The van der Waals surface area contributed by atoms with Crippen LogP contribution >= 0.6 is 0 Å². The Balaban J connectivity index is 1.68. The molecule has 0 aliphatic carbocycles. The summed E-state index contributed by atoms with van der Waals surface area (Å²) in [6.07, 6.45) is 0.727. The van der Waals surface area contributed by atoms with Gasteiger partial charge in [-0.3, -0.25) is 4.79 Å². The van der Waals surface area contributed by atoms with Crippen molar-refractivity contribution in [3.8, 4) is 5.75 Å². The fourth-order valence-electron chi connectivity index (χ4n) is 3.44. The van der Waals surface area contributed by atoms with Crippen LogP contribution in [0.3, 0.4) is 0 Å². The van der Waals surface area contributed by atoms with Crippen LogP contribution in [0, 0.1) is 0 Å². The van der Waals surface area contributed by atoms with E-state index in [1.807, 2.05) is 36.4 Å². The van der Waals surface area contributed by atoms with E-state index in [9.17, 15) is 15.0 Å². The van der Waals surface area contributed by atoms with Gasteiger partial charge in [-0.25, -0.2) is 4.39 Å². The van der Waals surface area contributed by atoms with E-state index in [0.29, 0.717) is 6.42 Å². The number of aliphatic hydroxyl groups excluding tert-OH is 1. The Hall–Kier alpha value is -2.40. The molecule has 1 aliphatic heterocycles. The van der Waals surface area contributed by atoms with Gasteiger partial charge < -0.3 is 15.1 Å². The highest BCUT2D eigenvalue weighted by Crippen LogP contribution is 2.39. The predicted molar refractivity (Wildman–Crippen MR) is 93.1 cm³/mol. The number of carbonyl (C=O) groups excluding carboxylic acids is 1. The third-order valence-corrected chi connectivity index (χ3v) is 4.84. The van der Waals surface area contributed by atoms with Crippen LogP contribution in [0.4, 0.5) is 4.39 Å². The highest BCUT2D eigenvalue weighted by Gasteiger charge is 2.48. The van der Waals surface area contributed by atoms with Gasteiger partial charge in [-0.2, -0.15) is 0 Å². The first kappa shape index (κ1) is 17.4. The van der Waals surface area contributed by atoms with Gasteiger partial charge in [0.2, 0.25) is 5.91 Å². The first-order valence-electron chi connectivity index (χ1n) is 8.42. The number of halogens is 1. The minimum absolute atomic E-state index is 0.0953. The van der Waals surface area contributed by atoms with Crippen molar-refractivity contribution in [2.24, 2.45) is 0 Å². The average Bonchev–Trinajstić information content (AvgIpc) is 2.99. The zero-order valence-electron chi connectivity index (χ0n) is 13.9. The number of phenols is 1. The van der Waals surface area contributed by atoms with Crippen molar-refractivity contribution >= 4 is 5.91 Å². The number of aliphatic hydroxyl groups is 1. The summed E-state index contributed by atoms with van der Waals surface area (Å²) in [6, 6.07) is 16.0. The summed E-state index contributed by atoms with van der Waals surface area (Å²) >= 11 is 0. The molecule has 0 bridgehead atoms. The summed E-state index contributed by atoms with van der Waals surface area (Å²) in [7, 11) is 0. The number of likely N-dealkylation sites (tertiary alicyclic amines) is 1. The number of aromatic hydroxyl groups is 1. The molecular formula is C20H22FNO3. The number of nitrogens with zero attached hydrogens (tertiary/aromatic N) is 1. The van der Waals surface area contributed by atoms with Crippen LogP contribution < -0.4 is 0 Å². The number of amides is 1. The van der Waals surface area contributed by atoms with Gasteiger partial charge in [-0.05, 0) is 29.7 Å². The maximum atomic E-state index is 15.1. The normalized spacial score (nSPS) is 23.0. The van der Waals surface area contributed by atoms with Crippen LogP contribution in [-0.2, 0) is 11.2 Å².